The molecule has 0 aliphatic heterocycles. The summed E-state index contributed by atoms with van der Waals surface area (Å²) in [7, 11) is 0. The predicted molar refractivity (Wildman–Crippen MR) is 86.1 cm³/mol. The van der Waals surface area contributed by atoms with E-state index in [4.69, 9.17) is 9.15 Å². The van der Waals surface area contributed by atoms with Gasteiger partial charge >= 0.3 is 11.7 Å². The lowest BCUT2D eigenvalue weighted by Gasteiger charge is -2.07. The van der Waals surface area contributed by atoms with Crippen molar-refractivity contribution in [3.63, 3.8) is 0 Å². The molecule has 5 nitrogen and oxygen atoms in total. The van der Waals surface area contributed by atoms with Gasteiger partial charge in [0.1, 0.15) is 6.61 Å². The van der Waals surface area contributed by atoms with Crippen LogP contribution in [0, 0.1) is 6.92 Å². The number of aryl methyl sites for hydroxylation is 2. The molecule has 0 bridgehead atoms. The van der Waals surface area contributed by atoms with E-state index in [0.717, 1.165) is 11.1 Å². The lowest BCUT2D eigenvalue weighted by atomic mass is 10.1. The minimum Gasteiger partial charge on any atom is -0.461 e. The number of esters is 1. The van der Waals surface area contributed by atoms with Crippen LogP contribution in [0.1, 0.15) is 17.5 Å². The zero-order valence-corrected chi connectivity index (χ0v) is 12.8. The smallest absolute Gasteiger partial charge is 0.419 e. The number of nitrogens with zero attached hydrogens (tertiary/aromatic N) is 1. The Labute approximate surface area is 133 Å². The Bertz CT molecular complexity index is 891. The van der Waals surface area contributed by atoms with Crippen LogP contribution >= 0.6 is 0 Å². The lowest BCUT2D eigenvalue weighted by molar-refractivity contribution is -0.145. The first-order valence-electron chi connectivity index (χ1n) is 7.43. The van der Waals surface area contributed by atoms with Gasteiger partial charge in [0.15, 0.2) is 5.58 Å². The van der Waals surface area contributed by atoms with Crippen LogP contribution in [-0.4, -0.2) is 10.5 Å². The topological polar surface area (TPSA) is 61.4 Å². The summed E-state index contributed by atoms with van der Waals surface area (Å²) in [6.45, 7) is 2.45. The number of fused-ring (bicyclic) bond motifs is 1. The summed E-state index contributed by atoms with van der Waals surface area (Å²) in [4.78, 5) is 23.7. The van der Waals surface area contributed by atoms with E-state index in [1.165, 1.54) is 4.57 Å². The fourth-order valence-corrected chi connectivity index (χ4v) is 2.43. The third kappa shape index (κ3) is 3.34. The molecule has 0 N–H and O–H groups in total. The van der Waals surface area contributed by atoms with Gasteiger partial charge in [0.2, 0.25) is 0 Å². The fourth-order valence-electron chi connectivity index (χ4n) is 2.43. The molecule has 0 aliphatic rings. The van der Waals surface area contributed by atoms with Crippen molar-refractivity contribution in [2.24, 2.45) is 0 Å². The first-order chi connectivity index (χ1) is 11.1. The third-order valence-electron chi connectivity index (χ3n) is 3.76. The minimum absolute atomic E-state index is 0.120. The van der Waals surface area contributed by atoms with Crippen molar-refractivity contribution in [3.8, 4) is 0 Å². The summed E-state index contributed by atoms with van der Waals surface area (Å²) in [5.74, 6) is -0.802. The van der Waals surface area contributed by atoms with E-state index in [-0.39, 0.29) is 25.5 Å². The number of rotatable bonds is 5. The molecule has 0 saturated carbocycles. The second-order valence-corrected chi connectivity index (χ2v) is 5.32. The van der Waals surface area contributed by atoms with E-state index < -0.39 is 5.76 Å². The van der Waals surface area contributed by atoms with Crippen LogP contribution < -0.4 is 5.76 Å². The molecule has 0 aliphatic carbocycles. The summed E-state index contributed by atoms with van der Waals surface area (Å²) in [5.41, 5.74) is 3.26. The second kappa shape index (κ2) is 6.52. The van der Waals surface area contributed by atoms with Crippen LogP contribution in [0.4, 0.5) is 0 Å². The Balaban J connectivity index is 1.61. The molecule has 3 rings (SSSR count). The predicted octanol–water partition coefficient (Wildman–Crippen LogP) is 3.04. The van der Waals surface area contributed by atoms with E-state index in [1.54, 1.807) is 18.2 Å². The number of hydrogen-bond donors (Lipinski definition) is 0. The van der Waals surface area contributed by atoms with Gasteiger partial charge in [-0.2, -0.15) is 0 Å². The number of para-hydroxylation sites is 2. The Morgan fingerprint density at radius 2 is 1.87 bits per heavy atom. The molecule has 0 unspecified atom stereocenters. The van der Waals surface area contributed by atoms with Crippen molar-refractivity contribution in [1.29, 1.82) is 0 Å². The molecule has 2 aromatic carbocycles. The molecule has 5 heteroatoms. The van der Waals surface area contributed by atoms with Gasteiger partial charge in [-0.15, -0.1) is 0 Å². The number of carbonyl (C=O) groups is 1. The Morgan fingerprint density at radius 1 is 1.13 bits per heavy atom. The average molecular weight is 311 g/mol. The number of hydrogen-bond acceptors (Lipinski definition) is 4. The number of aromatic nitrogens is 1. The highest BCUT2D eigenvalue weighted by atomic mass is 16.5. The zero-order chi connectivity index (χ0) is 16.2. The molecule has 0 amide bonds. The highest BCUT2D eigenvalue weighted by molar-refractivity contribution is 5.73. The maximum atomic E-state index is 11.9. The molecule has 3 aromatic rings. The summed E-state index contributed by atoms with van der Waals surface area (Å²) in [6.07, 6.45) is 0.120. The van der Waals surface area contributed by atoms with Crippen molar-refractivity contribution < 1.29 is 13.9 Å². The minimum atomic E-state index is -0.460. The third-order valence-corrected chi connectivity index (χ3v) is 3.76. The van der Waals surface area contributed by atoms with Gasteiger partial charge in [-0.25, -0.2) is 4.79 Å². The zero-order valence-electron chi connectivity index (χ0n) is 12.8. The second-order valence-electron chi connectivity index (χ2n) is 5.32. The Kier molecular flexibility index (Phi) is 4.28. The number of oxazole rings is 1. The van der Waals surface area contributed by atoms with Crippen LogP contribution in [0.5, 0.6) is 0 Å². The number of ether oxygens (including phenoxy) is 1. The molecular formula is C18H17NO4. The normalized spacial score (nSPS) is 10.8. The fraction of sp³-hybridized carbons (Fsp3) is 0.222. The van der Waals surface area contributed by atoms with Crippen LogP contribution in [-0.2, 0) is 22.7 Å². The monoisotopic (exact) mass is 311 g/mol. The highest BCUT2D eigenvalue weighted by Crippen LogP contribution is 2.13. The lowest BCUT2D eigenvalue weighted by Crippen LogP contribution is -2.17. The summed E-state index contributed by atoms with van der Waals surface area (Å²) < 4.78 is 11.9. The molecule has 118 valence electrons. The van der Waals surface area contributed by atoms with Crippen molar-refractivity contribution in [1.82, 2.24) is 4.57 Å². The standard InChI is InChI=1S/C18H17NO4/c1-13-6-2-3-7-14(13)12-22-17(20)10-11-19-15-8-4-5-9-16(15)23-18(19)21/h2-9H,10-12H2,1H3. The van der Waals surface area contributed by atoms with Crippen molar-refractivity contribution in [2.75, 3.05) is 0 Å². The van der Waals surface area contributed by atoms with Gasteiger partial charge in [0.25, 0.3) is 0 Å². The van der Waals surface area contributed by atoms with E-state index in [1.807, 2.05) is 37.3 Å². The SMILES string of the molecule is Cc1ccccc1COC(=O)CCn1c(=O)oc2ccccc21. The highest BCUT2D eigenvalue weighted by Gasteiger charge is 2.11. The van der Waals surface area contributed by atoms with E-state index in [0.29, 0.717) is 11.1 Å². The van der Waals surface area contributed by atoms with Crippen molar-refractivity contribution in [3.05, 3.63) is 70.2 Å². The van der Waals surface area contributed by atoms with Gasteiger partial charge < -0.3 is 9.15 Å². The van der Waals surface area contributed by atoms with Crippen LogP contribution in [0.2, 0.25) is 0 Å². The van der Waals surface area contributed by atoms with Gasteiger partial charge in [-0.3, -0.25) is 9.36 Å². The largest absolute Gasteiger partial charge is 0.461 e. The molecule has 23 heavy (non-hydrogen) atoms. The molecule has 0 radical (unpaired) electrons. The summed E-state index contributed by atoms with van der Waals surface area (Å²) in [6, 6.07) is 14.9. The van der Waals surface area contributed by atoms with Crippen molar-refractivity contribution in [2.45, 2.75) is 26.5 Å². The van der Waals surface area contributed by atoms with Crippen LogP contribution in [0.3, 0.4) is 0 Å². The first kappa shape index (κ1) is 15.1. The maximum absolute atomic E-state index is 11.9. The van der Waals surface area contributed by atoms with E-state index in [2.05, 4.69) is 0 Å². The van der Waals surface area contributed by atoms with Gasteiger partial charge in [-0.05, 0) is 30.2 Å². The van der Waals surface area contributed by atoms with Crippen LogP contribution in [0.25, 0.3) is 11.1 Å². The number of benzene rings is 2. The first-order valence-corrected chi connectivity index (χ1v) is 7.43. The molecule has 0 spiro atoms. The van der Waals surface area contributed by atoms with Crippen molar-refractivity contribution >= 4 is 17.1 Å². The molecular weight excluding hydrogens is 294 g/mol. The Morgan fingerprint density at radius 3 is 2.70 bits per heavy atom. The number of carbonyl (C=O) groups excluding carboxylic acids is 1. The molecule has 1 heterocycles. The Hall–Kier alpha value is -2.82. The maximum Gasteiger partial charge on any atom is 0.419 e. The molecule has 0 atom stereocenters. The summed E-state index contributed by atoms with van der Waals surface area (Å²) >= 11 is 0. The van der Waals surface area contributed by atoms with Gasteiger partial charge in [0.05, 0.1) is 11.9 Å². The summed E-state index contributed by atoms with van der Waals surface area (Å²) in [5, 5.41) is 0. The van der Waals surface area contributed by atoms with Gasteiger partial charge in [-0.1, -0.05) is 36.4 Å². The molecule has 0 saturated heterocycles. The van der Waals surface area contributed by atoms with E-state index >= 15 is 0 Å². The quantitative estimate of drug-likeness (QED) is 0.680. The van der Waals surface area contributed by atoms with Crippen LogP contribution in [0.15, 0.2) is 57.7 Å². The average Bonchev–Trinajstić information content (AvgIpc) is 2.87. The molecule has 1 aromatic heterocycles. The van der Waals surface area contributed by atoms with E-state index in [9.17, 15) is 9.59 Å². The van der Waals surface area contributed by atoms with Gasteiger partial charge in [0, 0.05) is 6.54 Å². The molecule has 0 fully saturated rings.